The zero-order chi connectivity index (χ0) is 15.2. The van der Waals surface area contributed by atoms with E-state index in [9.17, 15) is 13.6 Å². The van der Waals surface area contributed by atoms with Gasteiger partial charge in [-0.2, -0.15) is 0 Å². The first-order valence-corrected chi connectivity index (χ1v) is 6.60. The van der Waals surface area contributed by atoms with Crippen molar-refractivity contribution in [3.05, 3.63) is 71.3 Å². The molecule has 3 N–H and O–H groups in total. The molecule has 2 aromatic carbocycles. The molecule has 3 nitrogen and oxygen atoms in total. The smallest absolute Gasteiger partial charge is 0.257 e. The maximum Gasteiger partial charge on any atom is 0.257 e. The van der Waals surface area contributed by atoms with Crippen molar-refractivity contribution in [1.29, 1.82) is 0 Å². The van der Waals surface area contributed by atoms with Crippen LogP contribution in [-0.2, 0) is 6.42 Å². The predicted octanol–water partition coefficient (Wildman–Crippen LogP) is 2.26. The second-order valence-corrected chi connectivity index (χ2v) is 4.69. The molecule has 0 aliphatic heterocycles. The normalized spacial score (nSPS) is 12.0. The van der Waals surface area contributed by atoms with Crippen molar-refractivity contribution in [2.24, 2.45) is 5.73 Å². The van der Waals surface area contributed by atoms with Crippen LogP contribution in [0.1, 0.15) is 15.9 Å². The van der Waals surface area contributed by atoms with E-state index < -0.39 is 23.1 Å². The Hall–Kier alpha value is -2.27. The summed E-state index contributed by atoms with van der Waals surface area (Å²) >= 11 is 0. The van der Waals surface area contributed by atoms with Gasteiger partial charge in [-0.3, -0.25) is 4.79 Å². The van der Waals surface area contributed by atoms with Crippen molar-refractivity contribution < 1.29 is 13.6 Å². The zero-order valence-corrected chi connectivity index (χ0v) is 11.4. The van der Waals surface area contributed by atoms with Gasteiger partial charge in [0.2, 0.25) is 0 Å². The minimum Gasteiger partial charge on any atom is -0.348 e. The molecule has 1 unspecified atom stereocenters. The third-order valence-corrected chi connectivity index (χ3v) is 3.13. The fourth-order valence-corrected chi connectivity index (χ4v) is 2.06. The number of carbonyl (C=O) groups is 1. The van der Waals surface area contributed by atoms with E-state index in [1.54, 1.807) is 0 Å². The molecule has 0 saturated carbocycles. The average Bonchev–Trinajstić information content (AvgIpc) is 2.47. The third-order valence-electron chi connectivity index (χ3n) is 3.13. The van der Waals surface area contributed by atoms with Gasteiger partial charge in [0, 0.05) is 12.6 Å². The summed E-state index contributed by atoms with van der Waals surface area (Å²) in [5, 5.41) is 2.57. The van der Waals surface area contributed by atoms with Crippen LogP contribution in [0.5, 0.6) is 0 Å². The molecule has 0 fully saturated rings. The summed E-state index contributed by atoms with van der Waals surface area (Å²) in [7, 11) is 0. The van der Waals surface area contributed by atoms with Crippen molar-refractivity contribution in [3.8, 4) is 0 Å². The fraction of sp³-hybridized carbons (Fsp3) is 0.188. The van der Waals surface area contributed by atoms with Crippen molar-refractivity contribution in [2.45, 2.75) is 12.5 Å². The standard InChI is InChI=1S/C16H16F2N2O/c17-13-7-4-8-14(18)15(13)16(21)20-12(10-19)9-11-5-2-1-3-6-11/h1-8,12H,9-10,19H2,(H,20,21). The molecule has 110 valence electrons. The van der Waals surface area contributed by atoms with Crippen molar-refractivity contribution >= 4 is 5.91 Å². The summed E-state index contributed by atoms with van der Waals surface area (Å²) in [6.07, 6.45) is 0.499. The van der Waals surface area contributed by atoms with Gasteiger partial charge in [-0.25, -0.2) is 8.78 Å². The molecule has 0 aliphatic rings. The summed E-state index contributed by atoms with van der Waals surface area (Å²) in [6, 6.07) is 12.4. The number of hydrogen-bond acceptors (Lipinski definition) is 2. The topological polar surface area (TPSA) is 55.1 Å². The lowest BCUT2D eigenvalue weighted by Crippen LogP contribution is -2.42. The van der Waals surface area contributed by atoms with Gasteiger partial charge < -0.3 is 11.1 Å². The summed E-state index contributed by atoms with van der Waals surface area (Å²) in [5.41, 5.74) is 6.03. The van der Waals surface area contributed by atoms with E-state index in [2.05, 4.69) is 5.32 Å². The van der Waals surface area contributed by atoms with Crippen LogP contribution in [0.4, 0.5) is 8.78 Å². The molecule has 0 bridgehead atoms. The van der Waals surface area contributed by atoms with Gasteiger partial charge in [0.1, 0.15) is 17.2 Å². The van der Waals surface area contributed by atoms with Gasteiger partial charge in [-0.15, -0.1) is 0 Å². The summed E-state index contributed by atoms with van der Waals surface area (Å²) < 4.78 is 27.1. The molecule has 2 rings (SSSR count). The van der Waals surface area contributed by atoms with Gasteiger partial charge in [0.25, 0.3) is 5.91 Å². The molecule has 0 aliphatic carbocycles. The maximum absolute atomic E-state index is 13.6. The first-order chi connectivity index (χ1) is 10.1. The molecule has 0 spiro atoms. The number of nitrogens with one attached hydrogen (secondary N) is 1. The molecule has 0 radical (unpaired) electrons. The maximum atomic E-state index is 13.6. The number of amides is 1. The molecule has 0 saturated heterocycles. The number of rotatable bonds is 5. The van der Waals surface area contributed by atoms with E-state index in [4.69, 9.17) is 5.73 Å². The molecular weight excluding hydrogens is 274 g/mol. The Morgan fingerprint density at radius 3 is 2.24 bits per heavy atom. The van der Waals surface area contributed by atoms with Gasteiger partial charge in [-0.1, -0.05) is 36.4 Å². The Balaban J connectivity index is 2.10. The van der Waals surface area contributed by atoms with Crippen LogP contribution in [0.15, 0.2) is 48.5 Å². The average molecular weight is 290 g/mol. The van der Waals surface area contributed by atoms with Crippen LogP contribution in [0.25, 0.3) is 0 Å². The van der Waals surface area contributed by atoms with Crippen molar-refractivity contribution in [1.82, 2.24) is 5.32 Å². The number of nitrogens with two attached hydrogens (primary N) is 1. The highest BCUT2D eigenvalue weighted by Gasteiger charge is 2.19. The van der Waals surface area contributed by atoms with E-state index in [0.717, 1.165) is 17.7 Å². The molecule has 21 heavy (non-hydrogen) atoms. The van der Waals surface area contributed by atoms with E-state index in [1.807, 2.05) is 30.3 Å². The Labute approximate surface area is 121 Å². The number of halogens is 2. The Bertz CT molecular complexity index is 597. The van der Waals surface area contributed by atoms with Crippen LogP contribution in [0, 0.1) is 11.6 Å². The van der Waals surface area contributed by atoms with Crippen LogP contribution >= 0.6 is 0 Å². The number of carbonyl (C=O) groups excluding carboxylic acids is 1. The van der Waals surface area contributed by atoms with Crippen LogP contribution in [0.2, 0.25) is 0 Å². The first kappa shape index (κ1) is 15.1. The van der Waals surface area contributed by atoms with Crippen LogP contribution in [-0.4, -0.2) is 18.5 Å². The summed E-state index contributed by atoms with van der Waals surface area (Å²) in [5.74, 6) is -2.57. The Kier molecular flexibility index (Phi) is 5.00. The molecule has 0 heterocycles. The lowest BCUT2D eigenvalue weighted by molar-refractivity contribution is 0.0929. The molecule has 2 aromatic rings. The van der Waals surface area contributed by atoms with Crippen LogP contribution < -0.4 is 11.1 Å². The van der Waals surface area contributed by atoms with Crippen LogP contribution in [0.3, 0.4) is 0 Å². The summed E-state index contributed by atoms with van der Waals surface area (Å²) in [4.78, 5) is 12.0. The second kappa shape index (κ2) is 6.95. The highest BCUT2D eigenvalue weighted by Crippen LogP contribution is 2.12. The predicted molar refractivity (Wildman–Crippen MR) is 76.8 cm³/mol. The molecule has 0 aromatic heterocycles. The highest BCUT2D eigenvalue weighted by molar-refractivity contribution is 5.94. The minimum atomic E-state index is -0.886. The molecule has 1 atom stereocenters. The third kappa shape index (κ3) is 3.86. The largest absolute Gasteiger partial charge is 0.348 e. The Morgan fingerprint density at radius 1 is 1.05 bits per heavy atom. The van der Waals surface area contributed by atoms with Crippen molar-refractivity contribution in [3.63, 3.8) is 0 Å². The first-order valence-electron chi connectivity index (χ1n) is 6.60. The Morgan fingerprint density at radius 2 is 1.67 bits per heavy atom. The minimum absolute atomic E-state index is 0.177. The van der Waals surface area contributed by atoms with Gasteiger partial charge in [0.05, 0.1) is 0 Å². The van der Waals surface area contributed by atoms with Crippen molar-refractivity contribution in [2.75, 3.05) is 6.54 Å². The molecule has 1 amide bonds. The monoisotopic (exact) mass is 290 g/mol. The highest BCUT2D eigenvalue weighted by atomic mass is 19.1. The van der Waals surface area contributed by atoms with Gasteiger partial charge in [-0.05, 0) is 24.1 Å². The number of benzene rings is 2. The van der Waals surface area contributed by atoms with Gasteiger partial charge in [0.15, 0.2) is 0 Å². The van der Waals surface area contributed by atoms with E-state index >= 15 is 0 Å². The second-order valence-electron chi connectivity index (χ2n) is 4.69. The molecular formula is C16H16F2N2O. The van der Waals surface area contributed by atoms with Gasteiger partial charge >= 0.3 is 0 Å². The SMILES string of the molecule is NCC(Cc1ccccc1)NC(=O)c1c(F)cccc1F. The van der Waals surface area contributed by atoms with E-state index in [0.29, 0.717) is 6.42 Å². The quantitative estimate of drug-likeness (QED) is 0.887. The van der Waals surface area contributed by atoms with E-state index in [1.165, 1.54) is 6.07 Å². The lowest BCUT2D eigenvalue weighted by atomic mass is 10.1. The van der Waals surface area contributed by atoms with E-state index in [-0.39, 0.29) is 12.6 Å². The summed E-state index contributed by atoms with van der Waals surface area (Å²) in [6.45, 7) is 0.177. The fourth-order valence-electron chi connectivity index (χ4n) is 2.06. The number of hydrogen-bond donors (Lipinski definition) is 2. The zero-order valence-electron chi connectivity index (χ0n) is 11.4. The lowest BCUT2D eigenvalue weighted by Gasteiger charge is -2.17. The molecule has 5 heteroatoms.